The van der Waals surface area contributed by atoms with Gasteiger partial charge in [-0.3, -0.25) is 14.3 Å². The molecule has 24 heavy (non-hydrogen) atoms. The minimum atomic E-state index is -0.713. The van der Waals surface area contributed by atoms with Crippen molar-refractivity contribution in [3.05, 3.63) is 41.0 Å². The van der Waals surface area contributed by atoms with Crippen LogP contribution >= 0.6 is 11.6 Å². The van der Waals surface area contributed by atoms with Crippen molar-refractivity contribution >= 4 is 34.9 Å². The average Bonchev–Trinajstić information content (AvgIpc) is 3.18. The van der Waals surface area contributed by atoms with Crippen LogP contribution < -0.4 is 10.2 Å². The molecule has 0 bridgehead atoms. The third kappa shape index (κ3) is 3.42. The Kier molecular flexibility index (Phi) is 4.82. The second-order valence-electron chi connectivity index (χ2n) is 5.39. The fourth-order valence-electron chi connectivity index (χ4n) is 2.61. The molecule has 1 aromatic carbocycles. The predicted molar refractivity (Wildman–Crippen MR) is 90.2 cm³/mol. The molecule has 8 heteroatoms. The van der Waals surface area contributed by atoms with E-state index in [1.165, 1.54) is 4.90 Å². The van der Waals surface area contributed by atoms with E-state index < -0.39 is 11.8 Å². The van der Waals surface area contributed by atoms with Gasteiger partial charge in [-0.25, -0.2) is 0 Å². The van der Waals surface area contributed by atoms with E-state index in [2.05, 4.69) is 10.4 Å². The fraction of sp³-hybridized carbons (Fsp3) is 0.312. The number of methoxy groups -OCH3 is 1. The molecule has 0 saturated heterocycles. The molecule has 0 saturated carbocycles. The van der Waals surface area contributed by atoms with Crippen LogP contribution in [0.4, 0.5) is 11.5 Å². The quantitative estimate of drug-likeness (QED) is 0.853. The topological polar surface area (TPSA) is 76.5 Å². The number of halogens is 1. The maximum atomic E-state index is 12.4. The van der Waals surface area contributed by atoms with Crippen molar-refractivity contribution in [2.45, 2.75) is 13.0 Å². The molecule has 2 amide bonds. The Labute approximate surface area is 144 Å². The van der Waals surface area contributed by atoms with Gasteiger partial charge in [0.15, 0.2) is 5.82 Å². The number of ether oxygens (including phenoxy) is 1. The zero-order valence-corrected chi connectivity index (χ0v) is 13.9. The van der Waals surface area contributed by atoms with E-state index in [-0.39, 0.29) is 0 Å². The lowest BCUT2D eigenvalue weighted by Crippen LogP contribution is -2.38. The molecule has 0 unspecified atom stereocenters. The number of hydrogen-bond acceptors (Lipinski definition) is 4. The van der Waals surface area contributed by atoms with Gasteiger partial charge in [-0.2, -0.15) is 5.10 Å². The van der Waals surface area contributed by atoms with Gasteiger partial charge in [0, 0.05) is 36.6 Å². The molecule has 0 aliphatic carbocycles. The first kappa shape index (κ1) is 16.5. The molecule has 0 spiro atoms. The number of nitrogens with one attached hydrogen (secondary N) is 1. The van der Waals surface area contributed by atoms with E-state index in [4.69, 9.17) is 16.3 Å². The van der Waals surface area contributed by atoms with Gasteiger partial charge in [-0.1, -0.05) is 11.6 Å². The van der Waals surface area contributed by atoms with Crippen molar-refractivity contribution < 1.29 is 14.3 Å². The Morgan fingerprint density at radius 3 is 3.00 bits per heavy atom. The van der Waals surface area contributed by atoms with E-state index >= 15 is 0 Å². The maximum Gasteiger partial charge on any atom is 0.316 e. The first-order valence-electron chi connectivity index (χ1n) is 7.52. The Morgan fingerprint density at radius 1 is 1.38 bits per heavy atom. The molecule has 2 aromatic rings. The number of amides is 2. The van der Waals surface area contributed by atoms with E-state index in [1.807, 2.05) is 6.07 Å². The van der Waals surface area contributed by atoms with Crippen molar-refractivity contribution in [2.24, 2.45) is 0 Å². The van der Waals surface area contributed by atoms with Crippen LogP contribution in [0.25, 0.3) is 0 Å². The molecule has 1 aliphatic rings. The number of fused-ring (bicyclic) bond motifs is 1. The monoisotopic (exact) mass is 348 g/mol. The number of anilines is 2. The van der Waals surface area contributed by atoms with Crippen LogP contribution in [0.5, 0.6) is 0 Å². The zero-order valence-electron chi connectivity index (χ0n) is 13.2. The van der Waals surface area contributed by atoms with E-state index in [9.17, 15) is 9.59 Å². The number of rotatable bonds is 4. The highest BCUT2D eigenvalue weighted by atomic mass is 35.5. The highest BCUT2D eigenvalue weighted by molar-refractivity contribution is 6.44. The van der Waals surface area contributed by atoms with Gasteiger partial charge in [0.1, 0.15) is 0 Å². The van der Waals surface area contributed by atoms with Gasteiger partial charge < -0.3 is 15.0 Å². The van der Waals surface area contributed by atoms with Crippen LogP contribution in [-0.2, 0) is 27.3 Å². The van der Waals surface area contributed by atoms with Crippen molar-refractivity contribution in [3.63, 3.8) is 0 Å². The van der Waals surface area contributed by atoms with E-state index in [0.29, 0.717) is 37.0 Å². The second-order valence-corrected chi connectivity index (χ2v) is 5.83. The van der Waals surface area contributed by atoms with Crippen molar-refractivity contribution in [3.8, 4) is 0 Å². The summed E-state index contributed by atoms with van der Waals surface area (Å²) in [4.78, 5) is 26.1. The van der Waals surface area contributed by atoms with Crippen LogP contribution in [0, 0.1) is 0 Å². The van der Waals surface area contributed by atoms with Crippen LogP contribution in [0.3, 0.4) is 0 Å². The lowest BCUT2D eigenvalue weighted by molar-refractivity contribution is -0.134. The molecule has 3 rings (SSSR count). The summed E-state index contributed by atoms with van der Waals surface area (Å²) in [6.07, 6.45) is 2.40. The third-order valence-corrected chi connectivity index (χ3v) is 4.02. The van der Waals surface area contributed by atoms with Gasteiger partial charge in [0.25, 0.3) is 0 Å². The number of carbonyl (C=O) groups excluding carboxylic acids is 2. The summed E-state index contributed by atoms with van der Waals surface area (Å²) in [6, 6.07) is 6.93. The summed E-state index contributed by atoms with van der Waals surface area (Å²) in [6.45, 7) is 1.55. The van der Waals surface area contributed by atoms with Crippen molar-refractivity contribution in [2.75, 3.05) is 30.5 Å². The zero-order chi connectivity index (χ0) is 17.1. The highest BCUT2D eigenvalue weighted by Crippen LogP contribution is 2.30. The van der Waals surface area contributed by atoms with Gasteiger partial charge in [-0.15, -0.1) is 0 Å². The Morgan fingerprint density at radius 2 is 2.21 bits per heavy atom. The largest absolute Gasteiger partial charge is 0.383 e. The van der Waals surface area contributed by atoms with Gasteiger partial charge in [0.2, 0.25) is 0 Å². The highest BCUT2D eigenvalue weighted by Gasteiger charge is 2.29. The normalized spacial score (nSPS) is 13.0. The number of aromatic nitrogens is 2. The van der Waals surface area contributed by atoms with Crippen LogP contribution in [-0.4, -0.2) is 41.9 Å². The Bertz CT molecular complexity index is 774. The molecule has 2 heterocycles. The lowest BCUT2D eigenvalue weighted by atomic mass is 10.2. The number of hydrogen-bond donors (Lipinski definition) is 1. The molecular formula is C16H17ClN4O3. The summed E-state index contributed by atoms with van der Waals surface area (Å²) in [7, 11) is 1.60. The van der Waals surface area contributed by atoms with Crippen LogP contribution in [0.1, 0.15) is 5.56 Å². The second kappa shape index (κ2) is 7.02. The first-order valence-corrected chi connectivity index (χ1v) is 7.90. The summed E-state index contributed by atoms with van der Waals surface area (Å²) >= 11 is 5.96. The minimum Gasteiger partial charge on any atom is -0.383 e. The molecule has 0 atom stereocenters. The smallest absolute Gasteiger partial charge is 0.316 e. The molecule has 0 fully saturated rings. The maximum absolute atomic E-state index is 12.4. The number of nitrogens with zero attached hydrogens (tertiary/aromatic N) is 3. The Hall–Kier alpha value is -2.38. The van der Waals surface area contributed by atoms with Crippen LogP contribution in [0.2, 0.25) is 5.02 Å². The molecule has 1 aromatic heterocycles. The molecular weight excluding hydrogens is 332 g/mol. The van der Waals surface area contributed by atoms with Crippen molar-refractivity contribution in [1.29, 1.82) is 0 Å². The molecule has 1 N–H and O–H groups in total. The summed E-state index contributed by atoms with van der Waals surface area (Å²) in [5, 5.41) is 7.32. The molecule has 1 aliphatic heterocycles. The first-order chi connectivity index (χ1) is 11.6. The number of carbonyl (C=O) groups is 2. The molecule has 7 nitrogen and oxygen atoms in total. The summed E-state index contributed by atoms with van der Waals surface area (Å²) < 4.78 is 6.60. The summed E-state index contributed by atoms with van der Waals surface area (Å²) in [5.74, 6) is -0.989. The van der Waals surface area contributed by atoms with Gasteiger partial charge in [-0.05, 0) is 30.2 Å². The van der Waals surface area contributed by atoms with E-state index in [1.54, 1.807) is 36.2 Å². The summed E-state index contributed by atoms with van der Waals surface area (Å²) in [5.41, 5.74) is 1.69. The SMILES string of the molecule is COCCn1ccc(NC(=O)C(=O)N2CCc3cc(Cl)ccc32)n1. The van der Waals surface area contributed by atoms with Gasteiger partial charge >= 0.3 is 11.8 Å². The Balaban J connectivity index is 1.66. The van der Waals surface area contributed by atoms with Gasteiger partial charge in [0.05, 0.1) is 13.2 Å². The fourth-order valence-corrected chi connectivity index (χ4v) is 2.81. The number of benzene rings is 1. The van der Waals surface area contributed by atoms with E-state index in [0.717, 1.165) is 11.3 Å². The molecule has 0 radical (unpaired) electrons. The lowest BCUT2D eigenvalue weighted by Gasteiger charge is -2.16. The van der Waals surface area contributed by atoms with Crippen molar-refractivity contribution in [1.82, 2.24) is 9.78 Å². The average molecular weight is 349 g/mol. The van der Waals surface area contributed by atoms with Crippen LogP contribution in [0.15, 0.2) is 30.5 Å². The molecule has 126 valence electrons. The third-order valence-electron chi connectivity index (χ3n) is 3.78. The minimum absolute atomic E-state index is 0.333. The standard InChI is InChI=1S/C16H17ClN4O3/c1-24-9-8-20-6-5-14(19-20)18-15(22)16(23)21-7-4-11-10-12(17)2-3-13(11)21/h2-3,5-6,10H,4,7-9H2,1H3,(H,18,19,22). The predicted octanol–water partition coefficient (Wildman–Crippen LogP) is 1.71.